The van der Waals surface area contributed by atoms with Crippen LogP contribution in [0.25, 0.3) is 0 Å². The largest absolute Gasteiger partial charge is 0.491 e. The predicted molar refractivity (Wildman–Crippen MR) is 121 cm³/mol. The minimum Gasteiger partial charge on any atom is -0.491 e. The lowest BCUT2D eigenvalue weighted by Crippen LogP contribution is -2.47. The van der Waals surface area contributed by atoms with Gasteiger partial charge in [-0.2, -0.15) is 0 Å². The summed E-state index contributed by atoms with van der Waals surface area (Å²) in [5.74, 6) is 0.864. The standard InChI is InChI=1S/C25H29N3O4/c1-18(29)21-4-6-22(7-5-21)25(31)28-13-14-32-24-8-3-20(15-23(24)17-28)16-26-9-11-27(12-10-26)19(2)30/h3-8,15H,9-14,16-17H2,1-2H3. The van der Waals surface area contributed by atoms with Gasteiger partial charge >= 0.3 is 0 Å². The first-order chi connectivity index (χ1) is 15.4. The van der Waals surface area contributed by atoms with Crippen molar-refractivity contribution in [3.05, 3.63) is 64.7 Å². The summed E-state index contributed by atoms with van der Waals surface area (Å²) in [5.41, 5.74) is 3.33. The second-order valence-corrected chi connectivity index (χ2v) is 8.43. The molecule has 0 spiro atoms. The van der Waals surface area contributed by atoms with Gasteiger partial charge in [0.05, 0.1) is 6.54 Å². The van der Waals surface area contributed by atoms with Crippen LogP contribution in [-0.2, 0) is 17.9 Å². The van der Waals surface area contributed by atoms with Gasteiger partial charge in [0.15, 0.2) is 5.78 Å². The number of nitrogens with zero attached hydrogens (tertiary/aromatic N) is 3. The van der Waals surface area contributed by atoms with Gasteiger partial charge in [-0.3, -0.25) is 19.3 Å². The summed E-state index contributed by atoms with van der Waals surface area (Å²) in [6.45, 7) is 8.59. The van der Waals surface area contributed by atoms with Gasteiger partial charge in [-0.05, 0) is 36.8 Å². The number of Topliss-reactive ketones (excluding diaryl/α,β-unsaturated/α-hetero) is 1. The van der Waals surface area contributed by atoms with Crippen molar-refractivity contribution in [3.63, 3.8) is 0 Å². The molecule has 0 aromatic heterocycles. The molecule has 7 nitrogen and oxygen atoms in total. The summed E-state index contributed by atoms with van der Waals surface area (Å²) in [6, 6.07) is 13.0. The maximum atomic E-state index is 13.1. The molecule has 2 aliphatic rings. The minimum atomic E-state index is -0.0673. The molecule has 168 valence electrons. The molecule has 7 heteroatoms. The molecule has 0 N–H and O–H groups in total. The first-order valence-corrected chi connectivity index (χ1v) is 11.0. The number of fused-ring (bicyclic) bond motifs is 1. The van der Waals surface area contributed by atoms with E-state index in [0.717, 1.165) is 44.0 Å². The van der Waals surface area contributed by atoms with E-state index in [9.17, 15) is 14.4 Å². The summed E-state index contributed by atoms with van der Waals surface area (Å²) in [6.07, 6.45) is 0. The van der Waals surface area contributed by atoms with E-state index >= 15 is 0 Å². The fourth-order valence-corrected chi connectivity index (χ4v) is 4.23. The van der Waals surface area contributed by atoms with E-state index in [1.165, 1.54) is 12.5 Å². The summed E-state index contributed by atoms with van der Waals surface area (Å²) >= 11 is 0. The van der Waals surface area contributed by atoms with Crippen molar-refractivity contribution in [1.29, 1.82) is 0 Å². The van der Waals surface area contributed by atoms with Gasteiger partial charge in [-0.25, -0.2) is 0 Å². The zero-order valence-electron chi connectivity index (χ0n) is 18.7. The molecule has 2 aromatic rings. The molecule has 32 heavy (non-hydrogen) atoms. The molecule has 1 fully saturated rings. The summed E-state index contributed by atoms with van der Waals surface area (Å²) in [4.78, 5) is 42.1. The minimum absolute atomic E-state index is 0.0173. The molecular formula is C25H29N3O4. The van der Waals surface area contributed by atoms with E-state index in [1.54, 1.807) is 36.1 Å². The molecule has 4 rings (SSSR count). The molecule has 0 bridgehead atoms. The van der Waals surface area contributed by atoms with Crippen molar-refractivity contribution < 1.29 is 19.1 Å². The normalized spacial score (nSPS) is 16.7. The molecule has 2 aromatic carbocycles. The van der Waals surface area contributed by atoms with Crippen LogP contribution in [0.5, 0.6) is 5.75 Å². The highest BCUT2D eigenvalue weighted by molar-refractivity contribution is 5.97. The lowest BCUT2D eigenvalue weighted by molar-refractivity contribution is -0.130. The topological polar surface area (TPSA) is 70.2 Å². The monoisotopic (exact) mass is 435 g/mol. The summed E-state index contributed by atoms with van der Waals surface area (Å²) < 4.78 is 5.90. The molecule has 2 heterocycles. The SMILES string of the molecule is CC(=O)c1ccc(C(=O)N2CCOc3ccc(CN4CCN(C(C)=O)CC4)cc3C2)cc1. The number of ether oxygens (including phenoxy) is 1. The molecule has 2 amide bonds. The second kappa shape index (κ2) is 9.53. The van der Waals surface area contributed by atoms with Crippen LogP contribution in [0.15, 0.2) is 42.5 Å². The Bertz CT molecular complexity index is 1010. The number of rotatable bonds is 4. The number of benzene rings is 2. The van der Waals surface area contributed by atoms with Crippen LogP contribution >= 0.6 is 0 Å². The number of piperazine rings is 1. The maximum Gasteiger partial charge on any atom is 0.254 e. The van der Waals surface area contributed by atoms with E-state index < -0.39 is 0 Å². The third-order valence-electron chi connectivity index (χ3n) is 6.15. The summed E-state index contributed by atoms with van der Waals surface area (Å²) in [7, 11) is 0. The third-order valence-corrected chi connectivity index (χ3v) is 6.15. The number of hydrogen-bond donors (Lipinski definition) is 0. The van der Waals surface area contributed by atoms with Crippen LogP contribution < -0.4 is 4.74 Å². The summed E-state index contributed by atoms with van der Waals surface area (Å²) in [5, 5.41) is 0. The molecular weight excluding hydrogens is 406 g/mol. The van der Waals surface area contributed by atoms with E-state index in [1.807, 2.05) is 11.0 Å². The Morgan fingerprint density at radius 1 is 0.844 bits per heavy atom. The Labute approximate surface area is 188 Å². The van der Waals surface area contributed by atoms with Crippen molar-refractivity contribution in [3.8, 4) is 5.75 Å². The van der Waals surface area contributed by atoms with E-state index in [2.05, 4.69) is 17.0 Å². The first-order valence-electron chi connectivity index (χ1n) is 11.0. The highest BCUT2D eigenvalue weighted by Crippen LogP contribution is 2.26. The Morgan fingerprint density at radius 3 is 2.19 bits per heavy atom. The van der Waals surface area contributed by atoms with Crippen molar-refractivity contribution in [1.82, 2.24) is 14.7 Å². The van der Waals surface area contributed by atoms with Gasteiger partial charge in [0, 0.05) is 62.9 Å². The van der Waals surface area contributed by atoms with Crippen molar-refractivity contribution >= 4 is 17.6 Å². The number of carbonyl (C=O) groups excluding carboxylic acids is 3. The Morgan fingerprint density at radius 2 is 1.53 bits per heavy atom. The van der Waals surface area contributed by atoms with Crippen molar-refractivity contribution in [2.75, 3.05) is 39.3 Å². The van der Waals surface area contributed by atoms with Gasteiger partial charge in [-0.15, -0.1) is 0 Å². The Hall–Kier alpha value is -3.19. The van der Waals surface area contributed by atoms with Crippen LogP contribution in [0, 0.1) is 0 Å². The van der Waals surface area contributed by atoms with Crippen molar-refractivity contribution in [2.24, 2.45) is 0 Å². The van der Waals surface area contributed by atoms with Crippen LogP contribution in [-0.4, -0.2) is 71.6 Å². The Kier molecular flexibility index (Phi) is 6.55. The number of ketones is 1. The van der Waals surface area contributed by atoms with Gasteiger partial charge in [0.25, 0.3) is 5.91 Å². The smallest absolute Gasteiger partial charge is 0.254 e. The zero-order valence-corrected chi connectivity index (χ0v) is 18.7. The second-order valence-electron chi connectivity index (χ2n) is 8.43. The maximum absolute atomic E-state index is 13.1. The fourth-order valence-electron chi connectivity index (χ4n) is 4.23. The quantitative estimate of drug-likeness (QED) is 0.691. The molecule has 0 atom stereocenters. The van der Waals surface area contributed by atoms with E-state index in [4.69, 9.17) is 4.74 Å². The molecule has 0 saturated carbocycles. The van der Waals surface area contributed by atoms with Gasteiger partial charge in [0.2, 0.25) is 5.91 Å². The predicted octanol–water partition coefficient (Wildman–Crippen LogP) is 2.59. The van der Waals surface area contributed by atoms with E-state index in [0.29, 0.717) is 30.8 Å². The average molecular weight is 436 g/mol. The van der Waals surface area contributed by atoms with Crippen LogP contribution in [0.3, 0.4) is 0 Å². The van der Waals surface area contributed by atoms with Crippen LogP contribution in [0.1, 0.15) is 45.7 Å². The molecule has 1 saturated heterocycles. The molecule has 2 aliphatic heterocycles. The van der Waals surface area contributed by atoms with E-state index in [-0.39, 0.29) is 17.6 Å². The number of hydrogen-bond acceptors (Lipinski definition) is 5. The Balaban J connectivity index is 1.44. The van der Waals surface area contributed by atoms with Crippen LogP contribution in [0.2, 0.25) is 0 Å². The molecule has 0 aliphatic carbocycles. The zero-order chi connectivity index (χ0) is 22.7. The average Bonchev–Trinajstić information content (AvgIpc) is 3.01. The van der Waals surface area contributed by atoms with Crippen molar-refractivity contribution in [2.45, 2.75) is 26.9 Å². The lowest BCUT2D eigenvalue weighted by atomic mass is 10.1. The first kappa shape index (κ1) is 22.0. The number of carbonyl (C=O) groups is 3. The molecule has 0 unspecified atom stereocenters. The highest BCUT2D eigenvalue weighted by Gasteiger charge is 2.23. The number of amides is 2. The van der Waals surface area contributed by atoms with Gasteiger partial charge in [0.1, 0.15) is 12.4 Å². The van der Waals surface area contributed by atoms with Gasteiger partial charge in [-0.1, -0.05) is 18.2 Å². The highest BCUT2D eigenvalue weighted by atomic mass is 16.5. The van der Waals surface area contributed by atoms with Gasteiger partial charge < -0.3 is 14.5 Å². The third kappa shape index (κ3) is 4.99. The van der Waals surface area contributed by atoms with Crippen LogP contribution in [0.4, 0.5) is 0 Å². The molecule has 0 radical (unpaired) electrons. The lowest BCUT2D eigenvalue weighted by Gasteiger charge is -2.34. The fraction of sp³-hybridized carbons (Fsp3) is 0.400.